The molecule has 2 rings (SSSR count). The summed E-state index contributed by atoms with van der Waals surface area (Å²) in [6.07, 6.45) is 1.68. The standard InChI is InChI=1S/C13H22N6/c1-5-18(6-2)12-10-11(15-9-14-10)16-13(17-12)19(7-3)8-4/h9H,5-8H2,1-4H3,(H,14,15,16,17). The van der Waals surface area contributed by atoms with E-state index < -0.39 is 0 Å². The Hall–Kier alpha value is -1.85. The molecule has 0 radical (unpaired) electrons. The van der Waals surface area contributed by atoms with E-state index in [4.69, 9.17) is 4.98 Å². The highest BCUT2D eigenvalue weighted by molar-refractivity contribution is 5.84. The van der Waals surface area contributed by atoms with Gasteiger partial charge in [-0.15, -0.1) is 0 Å². The third-order valence-electron chi connectivity index (χ3n) is 3.36. The maximum atomic E-state index is 4.73. The molecular weight excluding hydrogens is 240 g/mol. The molecule has 0 amide bonds. The second kappa shape index (κ2) is 5.86. The Morgan fingerprint density at radius 2 is 1.58 bits per heavy atom. The van der Waals surface area contributed by atoms with Crippen LogP contribution in [0.1, 0.15) is 27.7 Å². The van der Waals surface area contributed by atoms with Crippen LogP contribution in [-0.4, -0.2) is 46.1 Å². The lowest BCUT2D eigenvalue weighted by Crippen LogP contribution is -2.27. The molecule has 0 aliphatic rings. The van der Waals surface area contributed by atoms with Gasteiger partial charge in [0.05, 0.1) is 6.33 Å². The van der Waals surface area contributed by atoms with E-state index in [1.807, 2.05) is 0 Å². The first-order chi connectivity index (χ1) is 9.24. The zero-order valence-corrected chi connectivity index (χ0v) is 12.1. The number of H-pyrrole nitrogens is 1. The van der Waals surface area contributed by atoms with E-state index in [0.29, 0.717) is 0 Å². The Morgan fingerprint density at radius 3 is 2.16 bits per heavy atom. The van der Waals surface area contributed by atoms with Crippen molar-refractivity contribution in [3.05, 3.63) is 6.33 Å². The molecule has 2 aromatic heterocycles. The molecule has 0 spiro atoms. The molecular formula is C13H22N6. The lowest BCUT2D eigenvalue weighted by atomic mass is 10.4. The highest BCUT2D eigenvalue weighted by atomic mass is 15.3. The second-order valence-electron chi connectivity index (χ2n) is 4.29. The van der Waals surface area contributed by atoms with Gasteiger partial charge >= 0.3 is 0 Å². The Kier molecular flexibility index (Phi) is 4.19. The lowest BCUT2D eigenvalue weighted by Gasteiger charge is -2.23. The molecule has 0 saturated carbocycles. The first-order valence-electron chi connectivity index (χ1n) is 6.96. The van der Waals surface area contributed by atoms with Crippen molar-refractivity contribution < 1.29 is 0 Å². The van der Waals surface area contributed by atoms with E-state index in [9.17, 15) is 0 Å². The van der Waals surface area contributed by atoms with Gasteiger partial charge in [-0.05, 0) is 27.7 Å². The van der Waals surface area contributed by atoms with Crippen molar-refractivity contribution in [2.45, 2.75) is 27.7 Å². The fourth-order valence-electron chi connectivity index (χ4n) is 2.21. The zero-order chi connectivity index (χ0) is 13.8. The molecule has 6 heteroatoms. The summed E-state index contributed by atoms with van der Waals surface area (Å²) >= 11 is 0. The predicted molar refractivity (Wildman–Crippen MR) is 78.8 cm³/mol. The Bertz CT molecular complexity index is 527. The summed E-state index contributed by atoms with van der Waals surface area (Å²) in [7, 11) is 0. The van der Waals surface area contributed by atoms with Crippen LogP contribution in [0.4, 0.5) is 11.8 Å². The summed E-state index contributed by atoms with van der Waals surface area (Å²) < 4.78 is 0. The average Bonchev–Trinajstić information content (AvgIpc) is 2.90. The number of hydrogen-bond donors (Lipinski definition) is 1. The highest BCUT2D eigenvalue weighted by Crippen LogP contribution is 2.23. The molecule has 0 aliphatic heterocycles. The normalized spacial score (nSPS) is 10.9. The highest BCUT2D eigenvalue weighted by Gasteiger charge is 2.16. The minimum atomic E-state index is 0.735. The van der Waals surface area contributed by atoms with Crippen LogP contribution >= 0.6 is 0 Å². The van der Waals surface area contributed by atoms with Crippen molar-refractivity contribution in [2.75, 3.05) is 36.0 Å². The third kappa shape index (κ3) is 2.47. The minimum Gasteiger partial charge on any atom is -0.355 e. The summed E-state index contributed by atoms with van der Waals surface area (Å²) in [4.78, 5) is 21.0. The van der Waals surface area contributed by atoms with Gasteiger partial charge in [-0.25, -0.2) is 4.98 Å². The fourth-order valence-corrected chi connectivity index (χ4v) is 2.21. The van der Waals surface area contributed by atoms with Gasteiger partial charge in [-0.1, -0.05) is 0 Å². The summed E-state index contributed by atoms with van der Waals surface area (Å²) in [6.45, 7) is 12.1. The van der Waals surface area contributed by atoms with E-state index >= 15 is 0 Å². The molecule has 0 aromatic carbocycles. The van der Waals surface area contributed by atoms with Crippen molar-refractivity contribution in [3.63, 3.8) is 0 Å². The number of imidazole rings is 1. The summed E-state index contributed by atoms with van der Waals surface area (Å²) in [5.74, 6) is 1.70. The molecule has 19 heavy (non-hydrogen) atoms. The van der Waals surface area contributed by atoms with Crippen LogP contribution in [0.5, 0.6) is 0 Å². The summed E-state index contributed by atoms with van der Waals surface area (Å²) in [5, 5.41) is 0. The quantitative estimate of drug-likeness (QED) is 0.863. The van der Waals surface area contributed by atoms with Gasteiger partial charge in [-0.2, -0.15) is 9.97 Å². The predicted octanol–water partition coefficient (Wildman–Crippen LogP) is 2.05. The molecule has 1 N–H and O–H groups in total. The van der Waals surface area contributed by atoms with Crippen molar-refractivity contribution in [3.8, 4) is 0 Å². The minimum absolute atomic E-state index is 0.735. The van der Waals surface area contributed by atoms with Crippen LogP contribution in [-0.2, 0) is 0 Å². The van der Waals surface area contributed by atoms with Crippen LogP contribution in [0.3, 0.4) is 0 Å². The molecule has 2 heterocycles. The summed E-state index contributed by atoms with van der Waals surface area (Å²) in [5.41, 5.74) is 1.65. The van der Waals surface area contributed by atoms with Crippen molar-refractivity contribution in [1.29, 1.82) is 0 Å². The molecule has 0 aliphatic carbocycles. The van der Waals surface area contributed by atoms with Crippen LogP contribution < -0.4 is 9.80 Å². The molecule has 0 atom stereocenters. The van der Waals surface area contributed by atoms with Gasteiger partial charge in [0, 0.05) is 26.2 Å². The monoisotopic (exact) mass is 262 g/mol. The number of nitrogens with zero attached hydrogens (tertiary/aromatic N) is 5. The number of aromatic amines is 1. The number of nitrogens with one attached hydrogen (secondary N) is 1. The number of rotatable bonds is 6. The molecule has 104 valence electrons. The van der Waals surface area contributed by atoms with Gasteiger partial charge in [0.2, 0.25) is 5.95 Å². The Balaban J connectivity index is 2.56. The average molecular weight is 262 g/mol. The number of anilines is 2. The molecule has 0 saturated heterocycles. The van der Waals surface area contributed by atoms with Gasteiger partial charge in [0.25, 0.3) is 0 Å². The van der Waals surface area contributed by atoms with Crippen LogP contribution in [0, 0.1) is 0 Å². The summed E-state index contributed by atoms with van der Waals surface area (Å²) in [6, 6.07) is 0. The Labute approximate surface area is 113 Å². The van der Waals surface area contributed by atoms with Crippen LogP contribution in [0.25, 0.3) is 11.2 Å². The largest absolute Gasteiger partial charge is 0.355 e. The number of hydrogen-bond acceptors (Lipinski definition) is 5. The van der Waals surface area contributed by atoms with Gasteiger partial charge in [-0.3, -0.25) is 0 Å². The Morgan fingerprint density at radius 1 is 0.947 bits per heavy atom. The first-order valence-corrected chi connectivity index (χ1v) is 6.96. The van der Waals surface area contributed by atoms with E-state index in [2.05, 4.69) is 52.4 Å². The molecule has 0 bridgehead atoms. The van der Waals surface area contributed by atoms with Crippen molar-refractivity contribution in [1.82, 2.24) is 19.9 Å². The van der Waals surface area contributed by atoms with E-state index in [0.717, 1.165) is 49.1 Å². The zero-order valence-electron chi connectivity index (χ0n) is 12.1. The maximum absolute atomic E-state index is 4.73. The first kappa shape index (κ1) is 13.6. The van der Waals surface area contributed by atoms with Gasteiger partial charge in [0.15, 0.2) is 11.5 Å². The van der Waals surface area contributed by atoms with Gasteiger partial charge < -0.3 is 14.8 Å². The van der Waals surface area contributed by atoms with E-state index in [1.54, 1.807) is 6.33 Å². The lowest BCUT2D eigenvalue weighted by molar-refractivity contribution is 0.805. The fraction of sp³-hybridized carbons (Fsp3) is 0.615. The SMILES string of the molecule is CCN(CC)c1nc(N(CC)CC)c2[nH]cnc2n1. The molecule has 2 aromatic rings. The molecule has 0 fully saturated rings. The van der Waals surface area contributed by atoms with Gasteiger partial charge in [0.1, 0.15) is 5.52 Å². The van der Waals surface area contributed by atoms with Crippen LogP contribution in [0.2, 0.25) is 0 Å². The van der Waals surface area contributed by atoms with E-state index in [1.165, 1.54) is 0 Å². The van der Waals surface area contributed by atoms with Crippen LogP contribution in [0.15, 0.2) is 6.33 Å². The third-order valence-corrected chi connectivity index (χ3v) is 3.36. The van der Waals surface area contributed by atoms with Crippen molar-refractivity contribution in [2.24, 2.45) is 0 Å². The second-order valence-corrected chi connectivity index (χ2v) is 4.29. The van der Waals surface area contributed by atoms with Crippen molar-refractivity contribution >= 4 is 22.9 Å². The van der Waals surface area contributed by atoms with E-state index in [-0.39, 0.29) is 0 Å². The number of fused-ring (bicyclic) bond motifs is 1. The molecule has 6 nitrogen and oxygen atoms in total. The maximum Gasteiger partial charge on any atom is 0.229 e. The smallest absolute Gasteiger partial charge is 0.229 e. The molecule has 0 unspecified atom stereocenters. The topological polar surface area (TPSA) is 60.9 Å². The number of aromatic nitrogens is 4.